The molecule has 0 radical (unpaired) electrons. The van der Waals surface area contributed by atoms with Crippen molar-refractivity contribution in [2.24, 2.45) is 0 Å². The summed E-state index contributed by atoms with van der Waals surface area (Å²) < 4.78 is 12.8. The zero-order valence-electron chi connectivity index (χ0n) is 13.0. The second-order valence-electron chi connectivity index (χ2n) is 5.26. The summed E-state index contributed by atoms with van der Waals surface area (Å²) in [5, 5.41) is 5.46. The maximum absolute atomic E-state index is 12.8. The molecule has 0 aliphatic carbocycles. The number of carbonyl (C=O) groups is 2. The van der Waals surface area contributed by atoms with Crippen molar-refractivity contribution in [2.45, 2.75) is 19.4 Å². The zero-order valence-corrected chi connectivity index (χ0v) is 13.0. The standard InChI is InChI=1S/C17H20FN3O2/c1-2-3-4-5-16(22)21-11-10-15(12-21)20-17(23)19-14-8-6-13(18)7-9-14/h2-9,15H,10-12H2,1H3,(H2,19,20,23)/b3-2+,5-4-/t15-/m0/s1. The van der Waals surface area contributed by atoms with Crippen LogP contribution in [0.5, 0.6) is 0 Å². The second-order valence-corrected chi connectivity index (χ2v) is 5.26. The monoisotopic (exact) mass is 317 g/mol. The Morgan fingerprint density at radius 1 is 1.26 bits per heavy atom. The van der Waals surface area contributed by atoms with Crippen LogP contribution in [0.2, 0.25) is 0 Å². The topological polar surface area (TPSA) is 61.4 Å². The average molecular weight is 317 g/mol. The van der Waals surface area contributed by atoms with E-state index in [0.29, 0.717) is 25.2 Å². The van der Waals surface area contributed by atoms with Gasteiger partial charge in [0.25, 0.3) is 0 Å². The normalized spacial score (nSPS) is 17.8. The van der Waals surface area contributed by atoms with E-state index in [-0.39, 0.29) is 23.8 Å². The predicted molar refractivity (Wildman–Crippen MR) is 87.5 cm³/mol. The fourth-order valence-corrected chi connectivity index (χ4v) is 2.32. The van der Waals surface area contributed by atoms with Crippen molar-refractivity contribution in [3.8, 4) is 0 Å². The summed E-state index contributed by atoms with van der Waals surface area (Å²) in [5.41, 5.74) is 0.518. The SMILES string of the molecule is C/C=C/C=C\C(=O)N1CC[C@H](NC(=O)Nc2ccc(F)cc2)C1. The summed E-state index contributed by atoms with van der Waals surface area (Å²) in [4.78, 5) is 25.5. The highest BCUT2D eigenvalue weighted by Crippen LogP contribution is 2.11. The van der Waals surface area contributed by atoms with Gasteiger partial charge in [-0.1, -0.05) is 18.2 Å². The fraction of sp³-hybridized carbons (Fsp3) is 0.294. The Kier molecular flexibility index (Phi) is 5.91. The quantitative estimate of drug-likeness (QED) is 0.662. The van der Waals surface area contributed by atoms with E-state index in [1.165, 1.54) is 30.3 Å². The first kappa shape index (κ1) is 16.7. The molecule has 1 atom stereocenters. The van der Waals surface area contributed by atoms with E-state index in [1.54, 1.807) is 17.1 Å². The summed E-state index contributed by atoms with van der Waals surface area (Å²) in [6.07, 6.45) is 7.56. The van der Waals surface area contributed by atoms with Crippen molar-refractivity contribution in [3.05, 3.63) is 54.4 Å². The Balaban J connectivity index is 1.79. The van der Waals surface area contributed by atoms with Crippen LogP contribution in [0.4, 0.5) is 14.9 Å². The van der Waals surface area contributed by atoms with Gasteiger partial charge in [0, 0.05) is 30.9 Å². The third-order valence-electron chi connectivity index (χ3n) is 3.48. The Labute approximate surface area is 134 Å². The number of hydrogen-bond acceptors (Lipinski definition) is 2. The van der Waals surface area contributed by atoms with Gasteiger partial charge in [0.1, 0.15) is 5.82 Å². The number of nitrogens with zero attached hydrogens (tertiary/aromatic N) is 1. The van der Waals surface area contributed by atoms with Crippen molar-refractivity contribution < 1.29 is 14.0 Å². The number of allylic oxidation sites excluding steroid dienone is 3. The molecule has 1 heterocycles. The number of halogens is 1. The molecule has 23 heavy (non-hydrogen) atoms. The van der Waals surface area contributed by atoms with E-state index in [9.17, 15) is 14.0 Å². The fourth-order valence-electron chi connectivity index (χ4n) is 2.32. The molecule has 2 N–H and O–H groups in total. The van der Waals surface area contributed by atoms with E-state index >= 15 is 0 Å². The van der Waals surface area contributed by atoms with Crippen LogP contribution in [0.3, 0.4) is 0 Å². The first-order valence-electron chi connectivity index (χ1n) is 7.50. The van der Waals surface area contributed by atoms with Crippen LogP contribution in [0, 0.1) is 5.82 Å². The van der Waals surface area contributed by atoms with Gasteiger partial charge in [-0.3, -0.25) is 4.79 Å². The minimum atomic E-state index is -0.361. The Morgan fingerprint density at radius 3 is 2.70 bits per heavy atom. The Bertz CT molecular complexity index is 611. The number of amides is 3. The molecule has 0 spiro atoms. The van der Waals surface area contributed by atoms with Crippen LogP contribution in [-0.2, 0) is 4.79 Å². The van der Waals surface area contributed by atoms with E-state index in [4.69, 9.17) is 0 Å². The minimum absolute atomic E-state index is 0.0636. The van der Waals surface area contributed by atoms with Crippen molar-refractivity contribution in [1.82, 2.24) is 10.2 Å². The summed E-state index contributed by atoms with van der Waals surface area (Å²) in [5.74, 6) is -0.418. The van der Waals surface area contributed by atoms with Crippen molar-refractivity contribution >= 4 is 17.6 Å². The number of carbonyl (C=O) groups excluding carboxylic acids is 2. The number of anilines is 1. The third kappa shape index (κ3) is 5.25. The summed E-state index contributed by atoms with van der Waals surface area (Å²) >= 11 is 0. The molecule has 3 amide bonds. The molecule has 122 valence electrons. The molecule has 1 fully saturated rings. The summed E-state index contributed by atoms with van der Waals surface area (Å²) in [7, 11) is 0. The van der Waals surface area contributed by atoms with Gasteiger partial charge in [-0.15, -0.1) is 0 Å². The Hall–Kier alpha value is -2.63. The van der Waals surface area contributed by atoms with Gasteiger partial charge in [0.15, 0.2) is 0 Å². The van der Waals surface area contributed by atoms with Crippen LogP contribution in [0.25, 0.3) is 0 Å². The number of urea groups is 1. The zero-order chi connectivity index (χ0) is 16.7. The molecule has 1 aliphatic rings. The van der Waals surface area contributed by atoms with E-state index in [0.717, 1.165) is 0 Å². The van der Waals surface area contributed by atoms with E-state index in [2.05, 4.69) is 10.6 Å². The van der Waals surface area contributed by atoms with E-state index in [1.807, 2.05) is 13.0 Å². The van der Waals surface area contributed by atoms with Crippen LogP contribution >= 0.6 is 0 Å². The highest BCUT2D eigenvalue weighted by atomic mass is 19.1. The highest BCUT2D eigenvalue weighted by Gasteiger charge is 2.26. The predicted octanol–water partition coefficient (Wildman–Crippen LogP) is 2.68. The number of nitrogens with one attached hydrogen (secondary N) is 2. The van der Waals surface area contributed by atoms with Gasteiger partial charge in [0.05, 0.1) is 0 Å². The third-order valence-corrected chi connectivity index (χ3v) is 3.48. The van der Waals surface area contributed by atoms with Gasteiger partial charge >= 0.3 is 6.03 Å². The summed E-state index contributed by atoms with van der Waals surface area (Å²) in [6, 6.07) is 5.09. The number of benzene rings is 1. The lowest BCUT2D eigenvalue weighted by Crippen LogP contribution is -2.40. The molecule has 1 aromatic rings. The first-order chi connectivity index (χ1) is 11.1. The van der Waals surface area contributed by atoms with Crippen LogP contribution in [0.1, 0.15) is 13.3 Å². The first-order valence-corrected chi connectivity index (χ1v) is 7.50. The van der Waals surface area contributed by atoms with Crippen LogP contribution in [-0.4, -0.2) is 36.0 Å². The highest BCUT2D eigenvalue weighted by molar-refractivity contribution is 5.90. The molecule has 5 nitrogen and oxygen atoms in total. The van der Waals surface area contributed by atoms with Crippen molar-refractivity contribution in [2.75, 3.05) is 18.4 Å². The molecule has 0 bridgehead atoms. The molecule has 0 saturated carbocycles. The Morgan fingerprint density at radius 2 is 2.00 bits per heavy atom. The van der Waals surface area contributed by atoms with Crippen LogP contribution < -0.4 is 10.6 Å². The second kappa shape index (κ2) is 8.12. The maximum Gasteiger partial charge on any atom is 0.319 e. The largest absolute Gasteiger partial charge is 0.337 e. The lowest BCUT2D eigenvalue weighted by Gasteiger charge is -2.15. The maximum atomic E-state index is 12.8. The van der Waals surface area contributed by atoms with E-state index < -0.39 is 0 Å². The minimum Gasteiger partial charge on any atom is -0.337 e. The van der Waals surface area contributed by atoms with Crippen molar-refractivity contribution in [1.29, 1.82) is 0 Å². The van der Waals surface area contributed by atoms with Gasteiger partial charge in [0.2, 0.25) is 5.91 Å². The lowest BCUT2D eigenvalue weighted by molar-refractivity contribution is -0.125. The molecule has 0 aromatic heterocycles. The molecular formula is C17H20FN3O2. The van der Waals surface area contributed by atoms with Gasteiger partial charge in [-0.25, -0.2) is 9.18 Å². The average Bonchev–Trinajstić information content (AvgIpc) is 2.98. The smallest absolute Gasteiger partial charge is 0.319 e. The molecule has 1 saturated heterocycles. The van der Waals surface area contributed by atoms with Crippen molar-refractivity contribution in [3.63, 3.8) is 0 Å². The molecular weight excluding hydrogens is 297 g/mol. The molecule has 0 unspecified atom stereocenters. The molecule has 6 heteroatoms. The molecule has 1 aliphatic heterocycles. The molecule has 2 rings (SSSR count). The van der Waals surface area contributed by atoms with Gasteiger partial charge in [-0.05, 0) is 37.6 Å². The van der Waals surface area contributed by atoms with Crippen LogP contribution in [0.15, 0.2) is 48.6 Å². The number of likely N-dealkylation sites (tertiary alicyclic amines) is 1. The number of hydrogen-bond donors (Lipinski definition) is 2. The van der Waals surface area contributed by atoms with Gasteiger partial charge < -0.3 is 15.5 Å². The lowest BCUT2D eigenvalue weighted by atomic mass is 10.3. The van der Waals surface area contributed by atoms with Gasteiger partial charge in [-0.2, -0.15) is 0 Å². The summed E-state index contributed by atoms with van der Waals surface area (Å²) in [6.45, 7) is 2.97. The number of rotatable bonds is 4. The molecule has 1 aromatic carbocycles.